The van der Waals surface area contributed by atoms with Crippen LogP contribution < -0.4 is 5.32 Å². The Bertz CT molecular complexity index is 1220. The molecule has 1 N–H and O–H groups in total. The first-order chi connectivity index (χ1) is 14.3. The number of non-ortho nitro benzene ring substituents is 1. The molecular weight excluding hydrogens is 406 g/mol. The fourth-order valence-electron chi connectivity index (χ4n) is 2.76. The molecular formula is C22H16ClN3O4. The van der Waals surface area contributed by atoms with Crippen LogP contribution in [0.5, 0.6) is 0 Å². The van der Waals surface area contributed by atoms with Gasteiger partial charge < -0.3 is 9.73 Å². The van der Waals surface area contributed by atoms with Gasteiger partial charge in [-0.3, -0.25) is 14.9 Å². The van der Waals surface area contributed by atoms with Gasteiger partial charge in [-0.2, -0.15) is 5.26 Å². The number of amides is 1. The molecule has 0 bridgehead atoms. The van der Waals surface area contributed by atoms with Crippen molar-refractivity contribution in [1.82, 2.24) is 0 Å². The van der Waals surface area contributed by atoms with Crippen LogP contribution in [0.25, 0.3) is 17.4 Å². The molecule has 0 aliphatic heterocycles. The van der Waals surface area contributed by atoms with Gasteiger partial charge in [0.2, 0.25) is 0 Å². The number of carbonyl (C=O) groups is 1. The van der Waals surface area contributed by atoms with Crippen LogP contribution in [0, 0.1) is 35.3 Å². The Labute approximate surface area is 177 Å². The highest BCUT2D eigenvalue weighted by atomic mass is 35.5. The average molecular weight is 422 g/mol. The molecule has 8 heteroatoms. The number of carbonyl (C=O) groups excluding carboxylic acids is 1. The Morgan fingerprint density at radius 2 is 2.00 bits per heavy atom. The van der Waals surface area contributed by atoms with Gasteiger partial charge in [-0.1, -0.05) is 23.7 Å². The van der Waals surface area contributed by atoms with E-state index in [1.165, 1.54) is 24.3 Å². The van der Waals surface area contributed by atoms with E-state index in [1.807, 2.05) is 32.0 Å². The first-order valence-electron chi connectivity index (χ1n) is 8.83. The van der Waals surface area contributed by atoms with Crippen molar-refractivity contribution < 1.29 is 14.1 Å². The normalized spacial score (nSPS) is 11.1. The van der Waals surface area contributed by atoms with Crippen molar-refractivity contribution in [3.8, 4) is 17.4 Å². The van der Waals surface area contributed by atoms with Crippen LogP contribution >= 0.6 is 11.6 Å². The summed E-state index contributed by atoms with van der Waals surface area (Å²) in [5, 5.41) is 23.1. The summed E-state index contributed by atoms with van der Waals surface area (Å²) in [5.74, 6) is 0.0676. The second-order valence-corrected chi connectivity index (χ2v) is 6.90. The quantitative estimate of drug-likeness (QED) is 0.247. The number of nitrogens with one attached hydrogen (secondary N) is 1. The van der Waals surface area contributed by atoms with E-state index in [1.54, 1.807) is 18.2 Å². The molecule has 30 heavy (non-hydrogen) atoms. The van der Waals surface area contributed by atoms with Crippen molar-refractivity contribution in [3.05, 3.63) is 86.1 Å². The predicted molar refractivity (Wildman–Crippen MR) is 114 cm³/mol. The van der Waals surface area contributed by atoms with Crippen molar-refractivity contribution in [3.63, 3.8) is 0 Å². The topological polar surface area (TPSA) is 109 Å². The van der Waals surface area contributed by atoms with Gasteiger partial charge in [0.05, 0.1) is 9.95 Å². The van der Waals surface area contributed by atoms with Crippen molar-refractivity contribution in [1.29, 1.82) is 5.26 Å². The third-order valence-electron chi connectivity index (χ3n) is 4.56. The van der Waals surface area contributed by atoms with Crippen LogP contribution in [-0.4, -0.2) is 10.8 Å². The van der Waals surface area contributed by atoms with Gasteiger partial charge >= 0.3 is 0 Å². The maximum absolute atomic E-state index is 12.5. The molecule has 0 saturated carbocycles. The van der Waals surface area contributed by atoms with E-state index in [0.717, 1.165) is 11.1 Å². The van der Waals surface area contributed by atoms with E-state index in [9.17, 15) is 20.2 Å². The minimum atomic E-state index is -0.558. The number of hydrogen-bond donors (Lipinski definition) is 1. The van der Waals surface area contributed by atoms with Gasteiger partial charge in [0, 0.05) is 29.5 Å². The van der Waals surface area contributed by atoms with Gasteiger partial charge in [0.25, 0.3) is 11.6 Å². The maximum atomic E-state index is 12.5. The first-order valence-corrected chi connectivity index (χ1v) is 9.21. The van der Waals surface area contributed by atoms with E-state index in [0.29, 0.717) is 17.0 Å². The van der Waals surface area contributed by atoms with Crippen LogP contribution in [0.4, 0.5) is 11.4 Å². The van der Waals surface area contributed by atoms with Gasteiger partial charge in [-0.05, 0) is 49.2 Å². The minimum Gasteiger partial charge on any atom is -0.457 e. The van der Waals surface area contributed by atoms with Crippen molar-refractivity contribution in [2.45, 2.75) is 13.8 Å². The van der Waals surface area contributed by atoms with Crippen LogP contribution in [0.2, 0.25) is 5.02 Å². The second kappa shape index (κ2) is 8.64. The molecule has 150 valence electrons. The van der Waals surface area contributed by atoms with Crippen molar-refractivity contribution >= 4 is 35.0 Å². The van der Waals surface area contributed by atoms with Crippen LogP contribution in [0.3, 0.4) is 0 Å². The number of aryl methyl sites for hydroxylation is 1. The number of furan rings is 1. The molecule has 1 aromatic heterocycles. The Morgan fingerprint density at radius 3 is 2.67 bits per heavy atom. The minimum absolute atomic E-state index is 0.133. The van der Waals surface area contributed by atoms with Gasteiger partial charge in [0.15, 0.2) is 0 Å². The lowest BCUT2D eigenvalue weighted by Gasteiger charge is -2.09. The average Bonchev–Trinajstić information content (AvgIpc) is 3.17. The zero-order valence-corrected chi connectivity index (χ0v) is 16.9. The molecule has 0 atom stereocenters. The molecule has 3 aromatic rings. The Kier molecular flexibility index (Phi) is 6.00. The molecule has 0 spiro atoms. The number of nitrogens with zero attached hydrogens (tertiary/aromatic N) is 2. The van der Waals surface area contributed by atoms with Crippen molar-refractivity contribution in [2.75, 3.05) is 5.32 Å². The Hall–Kier alpha value is -3.89. The second-order valence-electron chi connectivity index (χ2n) is 6.49. The summed E-state index contributed by atoms with van der Waals surface area (Å²) in [6.45, 7) is 3.81. The predicted octanol–water partition coefficient (Wildman–Crippen LogP) is 5.67. The van der Waals surface area contributed by atoms with Crippen LogP contribution in [0.1, 0.15) is 16.9 Å². The number of rotatable bonds is 5. The van der Waals surface area contributed by atoms with E-state index in [2.05, 4.69) is 5.32 Å². The van der Waals surface area contributed by atoms with Crippen LogP contribution in [-0.2, 0) is 4.79 Å². The molecule has 3 rings (SSSR count). The van der Waals surface area contributed by atoms with Crippen molar-refractivity contribution in [2.24, 2.45) is 0 Å². The Balaban J connectivity index is 1.85. The number of halogens is 1. The highest BCUT2D eigenvalue weighted by molar-refractivity contribution is 6.33. The molecule has 2 aromatic carbocycles. The highest BCUT2D eigenvalue weighted by Gasteiger charge is 2.15. The smallest absolute Gasteiger partial charge is 0.270 e. The fourth-order valence-corrected chi connectivity index (χ4v) is 3.03. The number of nitriles is 1. The number of nitro groups is 1. The third kappa shape index (κ3) is 4.40. The maximum Gasteiger partial charge on any atom is 0.270 e. The summed E-state index contributed by atoms with van der Waals surface area (Å²) in [5.41, 5.74) is 2.75. The monoisotopic (exact) mass is 421 g/mol. The van der Waals surface area contributed by atoms with Crippen LogP contribution in [0.15, 0.2) is 58.5 Å². The number of nitro benzene ring substituents is 1. The lowest BCUT2D eigenvalue weighted by molar-refractivity contribution is -0.384. The summed E-state index contributed by atoms with van der Waals surface area (Å²) in [4.78, 5) is 22.8. The zero-order valence-electron chi connectivity index (χ0n) is 16.1. The zero-order chi connectivity index (χ0) is 21.8. The van der Waals surface area contributed by atoms with E-state index < -0.39 is 10.8 Å². The molecule has 1 heterocycles. The summed E-state index contributed by atoms with van der Waals surface area (Å²) in [7, 11) is 0. The molecule has 0 radical (unpaired) electrons. The SMILES string of the molecule is Cc1cccc(NC(=O)/C(C#N)=C/c2ccc(-c3ccc([N+](=O)[O-])cc3Cl)o2)c1C. The summed E-state index contributed by atoms with van der Waals surface area (Å²) in [6.07, 6.45) is 1.32. The molecule has 0 aliphatic rings. The summed E-state index contributed by atoms with van der Waals surface area (Å²) >= 11 is 6.12. The largest absolute Gasteiger partial charge is 0.457 e. The van der Waals surface area contributed by atoms with Gasteiger partial charge in [-0.25, -0.2) is 0 Å². The molecule has 0 fully saturated rings. The molecule has 0 unspecified atom stereocenters. The molecule has 7 nitrogen and oxygen atoms in total. The highest BCUT2D eigenvalue weighted by Crippen LogP contribution is 2.32. The van der Waals surface area contributed by atoms with E-state index in [4.69, 9.17) is 16.0 Å². The standard InChI is InChI=1S/C22H16ClN3O4/c1-13-4-3-5-20(14(13)2)25-22(27)15(12-24)10-17-7-9-21(30-17)18-8-6-16(26(28)29)11-19(18)23/h3-11H,1-2H3,(H,25,27)/b15-10+. The fraction of sp³-hybridized carbons (Fsp3) is 0.0909. The molecule has 0 aliphatic carbocycles. The van der Waals surface area contributed by atoms with Gasteiger partial charge in [-0.15, -0.1) is 0 Å². The van der Waals surface area contributed by atoms with Gasteiger partial charge in [0.1, 0.15) is 23.2 Å². The van der Waals surface area contributed by atoms with E-state index in [-0.39, 0.29) is 22.0 Å². The molecule has 1 amide bonds. The number of hydrogen-bond acceptors (Lipinski definition) is 5. The summed E-state index contributed by atoms with van der Waals surface area (Å²) in [6, 6.07) is 14.6. The molecule has 0 saturated heterocycles. The first kappa shape index (κ1) is 20.8. The Morgan fingerprint density at radius 1 is 1.23 bits per heavy atom. The third-order valence-corrected chi connectivity index (χ3v) is 4.87. The lowest BCUT2D eigenvalue weighted by Crippen LogP contribution is -2.14. The summed E-state index contributed by atoms with van der Waals surface area (Å²) < 4.78 is 5.66. The number of benzene rings is 2. The van der Waals surface area contributed by atoms with E-state index >= 15 is 0 Å². The number of anilines is 1. The lowest BCUT2D eigenvalue weighted by atomic mass is 10.1.